The highest BCUT2D eigenvalue weighted by atomic mass is 19.4. The van der Waals surface area contributed by atoms with Crippen molar-refractivity contribution in [2.45, 2.75) is 13.1 Å². The summed E-state index contributed by atoms with van der Waals surface area (Å²) in [5.74, 6) is 0.743. The van der Waals surface area contributed by atoms with E-state index in [9.17, 15) is 13.2 Å². The van der Waals surface area contributed by atoms with E-state index in [-0.39, 0.29) is 11.3 Å². The molecule has 0 saturated heterocycles. The fraction of sp³-hybridized carbons (Fsp3) is 0.158. The van der Waals surface area contributed by atoms with Crippen LogP contribution in [0.4, 0.5) is 19.0 Å². The summed E-state index contributed by atoms with van der Waals surface area (Å²) >= 11 is 0. The van der Waals surface area contributed by atoms with E-state index in [1.807, 2.05) is 36.3 Å². The lowest BCUT2D eigenvalue weighted by Crippen LogP contribution is -2.20. The van der Waals surface area contributed by atoms with Crippen LogP contribution in [0, 0.1) is 6.92 Å². The number of alkyl halides is 3. The molecule has 0 radical (unpaired) electrons. The number of anilines is 1. The molecule has 0 saturated carbocycles. The van der Waals surface area contributed by atoms with Crippen LogP contribution < -0.4 is 4.90 Å². The smallest absolute Gasteiger partial charge is 0.328 e. The first kappa shape index (κ1) is 16.4. The average Bonchev–Trinajstić information content (AvgIpc) is 2.96. The minimum absolute atomic E-state index is 0.0493. The molecule has 26 heavy (non-hydrogen) atoms. The molecule has 0 bridgehead atoms. The second kappa shape index (κ2) is 6.01. The first-order valence-electron chi connectivity index (χ1n) is 8.08. The summed E-state index contributed by atoms with van der Waals surface area (Å²) < 4.78 is 41.6. The fourth-order valence-corrected chi connectivity index (χ4v) is 3.08. The molecule has 3 aromatic rings. The molecule has 0 fully saturated rings. The van der Waals surface area contributed by atoms with Crippen molar-refractivity contribution in [1.29, 1.82) is 0 Å². The van der Waals surface area contributed by atoms with Gasteiger partial charge in [0.25, 0.3) is 0 Å². The maximum Gasteiger partial charge on any atom is 0.417 e. The quantitative estimate of drug-likeness (QED) is 0.672. The van der Waals surface area contributed by atoms with E-state index in [0.29, 0.717) is 12.2 Å². The van der Waals surface area contributed by atoms with E-state index in [1.54, 1.807) is 22.7 Å². The van der Waals surface area contributed by atoms with Gasteiger partial charge in [0.05, 0.1) is 17.0 Å². The number of hydrogen-bond donors (Lipinski definition) is 0. The molecule has 1 aliphatic heterocycles. The number of rotatable bonds is 2. The lowest BCUT2D eigenvalue weighted by Gasteiger charge is -2.20. The normalized spacial score (nSPS) is 14.4. The van der Waals surface area contributed by atoms with E-state index >= 15 is 0 Å². The summed E-state index contributed by atoms with van der Waals surface area (Å²) in [5, 5.41) is 4.47. The van der Waals surface area contributed by atoms with Crippen LogP contribution in [-0.2, 0) is 6.18 Å². The van der Waals surface area contributed by atoms with Crippen LogP contribution in [0.15, 0.2) is 60.8 Å². The predicted molar refractivity (Wildman–Crippen MR) is 93.8 cm³/mol. The van der Waals surface area contributed by atoms with Crippen molar-refractivity contribution in [2.75, 3.05) is 11.4 Å². The Bertz CT molecular complexity index is 1030. The van der Waals surface area contributed by atoms with Gasteiger partial charge in [0.15, 0.2) is 11.5 Å². The zero-order chi connectivity index (χ0) is 18.3. The van der Waals surface area contributed by atoms with Gasteiger partial charge < -0.3 is 4.90 Å². The van der Waals surface area contributed by atoms with Gasteiger partial charge in [-0.2, -0.15) is 22.8 Å². The Morgan fingerprint density at radius 2 is 1.85 bits per heavy atom. The van der Waals surface area contributed by atoms with E-state index in [2.05, 4.69) is 10.1 Å². The summed E-state index contributed by atoms with van der Waals surface area (Å²) in [4.78, 5) is 6.43. The van der Waals surface area contributed by atoms with Gasteiger partial charge in [-0.3, -0.25) is 0 Å². The third-order valence-corrected chi connectivity index (χ3v) is 4.22. The molecule has 3 heterocycles. The van der Waals surface area contributed by atoms with Crippen LogP contribution in [0.25, 0.3) is 16.9 Å². The Balaban J connectivity index is 1.89. The topological polar surface area (TPSA) is 33.4 Å². The summed E-state index contributed by atoms with van der Waals surface area (Å²) in [6.07, 6.45) is 3.27. The zero-order valence-corrected chi connectivity index (χ0v) is 13.9. The van der Waals surface area contributed by atoms with Crippen LogP contribution in [-0.4, -0.2) is 21.1 Å². The molecule has 7 heteroatoms. The fourth-order valence-electron chi connectivity index (χ4n) is 3.08. The summed E-state index contributed by atoms with van der Waals surface area (Å²) in [6.45, 7) is 2.51. The van der Waals surface area contributed by atoms with Gasteiger partial charge in [0.2, 0.25) is 0 Å². The van der Waals surface area contributed by atoms with Crippen LogP contribution in [0.1, 0.15) is 11.3 Å². The van der Waals surface area contributed by atoms with Crippen molar-refractivity contribution in [1.82, 2.24) is 14.6 Å². The van der Waals surface area contributed by atoms with E-state index < -0.39 is 11.7 Å². The Labute approximate surface area is 147 Å². The standard InChI is InChI=1S/C19H15F3N4/c1-13-18(25-11-5-2-6-12-25)26-17(23-13)10-9-16(24-26)14-7-3-4-8-15(14)19(20,21)22/h2-11H,12H2,1H3. The Hall–Kier alpha value is -3.09. The molecule has 4 nitrogen and oxygen atoms in total. The SMILES string of the molecule is Cc1nc2ccc(-c3ccccc3C(F)(F)F)nn2c1N1C=CC=CC1. The largest absolute Gasteiger partial charge is 0.417 e. The predicted octanol–water partition coefficient (Wildman–Crippen LogP) is 4.61. The number of benzene rings is 1. The second-order valence-electron chi connectivity index (χ2n) is 5.97. The van der Waals surface area contributed by atoms with E-state index in [4.69, 9.17) is 0 Å². The van der Waals surface area contributed by atoms with E-state index in [1.165, 1.54) is 12.1 Å². The van der Waals surface area contributed by atoms with Crippen molar-refractivity contribution in [3.05, 3.63) is 72.1 Å². The first-order chi connectivity index (χ1) is 12.4. The number of fused-ring (bicyclic) bond motifs is 1. The molecular formula is C19H15F3N4. The van der Waals surface area contributed by atoms with Crippen LogP contribution in [0.3, 0.4) is 0 Å². The van der Waals surface area contributed by atoms with Crippen molar-refractivity contribution in [2.24, 2.45) is 0 Å². The lowest BCUT2D eigenvalue weighted by atomic mass is 10.0. The van der Waals surface area contributed by atoms with Crippen LogP contribution >= 0.6 is 0 Å². The molecule has 4 rings (SSSR count). The third kappa shape index (κ3) is 2.75. The molecule has 132 valence electrons. The van der Waals surface area contributed by atoms with Gasteiger partial charge in [-0.25, -0.2) is 4.98 Å². The number of hydrogen-bond acceptors (Lipinski definition) is 3. The second-order valence-corrected chi connectivity index (χ2v) is 5.97. The van der Waals surface area contributed by atoms with Gasteiger partial charge in [-0.15, -0.1) is 0 Å². The monoisotopic (exact) mass is 356 g/mol. The van der Waals surface area contributed by atoms with Gasteiger partial charge in [0, 0.05) is 18.3 Å². The number of aryl methyl sites for hydroxylation is 1. The van der Waals surface area contributed by atoms with Crippen LogP contribution in [0.5, 0.6) is 0 Å². The minimum Gasteiger partial charge on any atom is -0.328 e. The molecule has 0 N–H and O–H groups in total. The molecule has 0 aliphatic carbocycles. The summed E-state index contributed by atoms with van der Waals surface area (Å²) in [6, 6.07) is 8.72. The first-order valence-corrected chi connectivity index (χ1v) is 8.08. The lowest BCUT2D eigenvalue weighted by molar-refractivity contribution is -0.137. The molecule has 0 amide bonds. The zero-order valence-electron chi connectivity index (χ0n) is 13.9. The highest BCUT2D eigenvalue weighted by molar-refractivity contribution is 5.67. The van der Waals surface area contributed by atoms with Crippen molar-refractivity contribution in [3.8, 4) is 11.3 Å². The van der Waals surface area contributed by atoms with Gasteiger partial charge in [-0.05, 0) is 31.2 Å². The summed E-state index contributed by atoms with van der Waals surface area (Å²) in [5.41, 5.74) is 0.951. The molecule has 1 aromatic carbocycles. The average molecular weight is 356 g/mol. The van der Waals surface area contributed by atoms with Crippen LogP contribution in [0.2, 0.25) is 0 Å². The maximum atomic E-state index is 13.4. The minimum atomic E-state index is -4.44. The molecule has 0 unspecified atom stereocenters. The Morgan fingerprint density at radius 3 is 2.58 bits per heavy atom. The highest BCUT2D eigenvalue weighted by Gasteiger charge is 2.33. The number of allylic oxidation sites excluding steroid dienone is 2. The number of nitrogens with zero attached hydrogens (tertiary/aromatic N) is 4. The van der Waals surface area contributed by atoms with Crippen molar-refractivity contribution < 1.29 is 13.2 Å². The number of aromatic nitrogens is 3. The molecule has 1 aliphatic rings. The molecular weight excluding hydrogens is 341 g/mol. The van der Waals surface area contributed by atoms with E-state index in [0.717, 1.165) is 17.6 Å². The summed E-state index contributed by atoms with van der Waals surface area (Å²) in [7, 11) is 0. The number of halogens is 3. The number of imidazole rings is 1. The van der Waals surface area contributed by atoms with Crippen molar-refractivity contribution >= 4 is 11.5 Å². The highest BCUT2D eigenvalue weighted by Crippen LogP contribution is 2.36. The van der Waals surface area contributed by atoms with Gasteiger partial charge in [0.1, 0.15) is 0 Å². The molecule has 0 spiro atoms. The maximum absolute atomic E-state index is 13.4. The molecule has 2 aromatic heterocycles. The van der Waals surface area contributed by atoms with Gasteiger partial charge >= 0.3 is 6.18 Å². The van der Waals surface area contributed by atoms with Crippen molar-refractivity contribution in [3.63, 3.8) is 0 Å². The Kier molecular flexibility index (Phi) is 3.79. The third-order valence-electron chi connectivity index (χ3n) is 4.22. The Morgan fingerprint density at radius 1 is 1.04 bits per heavy atom. The molecule has 0 atom stereocenters. The van der Waals surface area contributed by atoms with Gasteiger partial charge in [-0.1, -0.05) is 30.4 Å².